The molecule has 2 aromatic heterocycles. The van der Waals surface area contributed by atoms with Gasteiger partial charge in [-0.15, -0.1) is 0 Å². The number of fused-ring (bicyclic) bond motifs is 1. The molecule has 0 saturated heterocycles. The average molecular weight is 356 g/mol. The van der Waals surface area contributed by atoms with Crippen molar-refractivity contribution in [3.8, 4) is 0 Å². The number of rotatable bonds is 7. The van der Waals surface area contributed by atoms with E-state index < -0.39 is 0 Å². The van der Waals surface area contributed by atoms with Crippen LogP contribution in [0.2, 0.25) is 0 Å². The van der Waals surface area contributed by atoms with Crippen LogP contribution in [0.3, 0.4) is 0 Å². The molecule has 4 rings (SSSR count). The zero-order valence-electron chi connectivity index (χ0n) is 14.8. The van der Waals surface area contributed by atoms with Crippen LogP contribution in [0.15, 0.2) is 73.1 Å². The molecule has 0 atom stereocenters. The van der Waals surface area contributed by atoms with Crippen molar-refractivity contribution in [3.63, 3.8) is 0 Å². The quantitative estimate of drug-likeness (QED) is 0.526. The topological polar surface area (TPSA) is 75.6 Å². The lowest BCUT2D eigenvalue weighted by Crippen LogP contribution is -2.11. The summed E-state index contributed by atoms with van der Waals surface area (Å²) in [5.74, 6) is 1.23. The van der Waals surface area contributed by atoms with Gasteiger partial charge in [-0.1, -0.05) is 60.7 Å². The predicted molar refractivity (Wildman–Crippen MR) is 108 cm³/mol. The fraction of sp³-hybridized carbons (Fsp3) is 0.143. The standard InChI is InChI=1S/C21H20N6/c1-3-7-16(8-4-1)11-12-24-21-26-19-18(22-13-14-23-19)20(27-21)25-15-17-9-5-2-6-10-17/h1-10,13-14H,11-12,15H2,(H2,23,24,25,26,27). The summed E-state index contributed by atoms with van der Waals surface area (Å²) in [6.07, 6.45) is 4.20. The lowest BCUT2D eigenvalue weighted by molar-refractivity contribution is 0.982. The number of hydrogen-bond donors (Lipinski definition) is 2. The zero-order chi connectivity index (χ0) is 18.3. The van der Waals surface area contributed by atoms with Gasteiger partial charge < -0.3 is 10.6 Å². The van der Waals surface area contributed by atoms with Crippen molar-refractivity contribution in [2.45, 2.75) is 13.0 Å². The highest BCUT2D eigenvalue weighted by Crippen LogP contribution is 2.19. The van der Waals surface area contributed by atoms with Crippen LogP contribution < -0.4 is 10.6 Å². The summed E-state index contributed by atoms with van der Waals surface area (Å²) in [4.78, 5) is 17.8. The van der Waals surface area contributed by atoms with Gasteiger partial charge in [0, 0.05) is 25.5 Å². The second kappa shape index (κ2) is 8.23. The molecule has 0 radical (unpaired) electrons. The van der Waals surface area contributed by atoms with E-state index in [-0.39, 0.29) is 0 Å². The highest BCUT2D eigenvalue weighted by Gasteiger charge is 2.09. The van der Waals surface area contributed by atoms with E-state index in [1.807, 2.05) is 36.4 Å². The number of hydrogen-bond acceptors (Lipinski definition) is 6. The van der Waals surface area contributed by atoms with Gasteiger partial charge in [-0.05, 0) is 17.5 Å². The van der Waals surface area contributed by atoms with E-state index in [0.29, 0.717) is 29.5 Å². The Morgan fingerprint density at radius 2 is 1.41 bits per heavy atom. The van der Waals surface area contributed by atoms with E-state index in [0.717, 1.165) is 13.0 Å². The largest absolute Gasteiger partial charge is 0.364 e. The first-order valence-electron chi connectivity index (χ1n) is 8.93. The summed E-state index contributed by atoms with van der Waals surface area (Å²) in [6, 6.07) is 20.5. The molecule has 0 aliphatic carbocycles. The summed E-state index contributed by atoms with van der Waals surface area (Å²) in [5.41, 5.74) is 3.69. The number of benzene rings is 2. The molecule has 134 valence electrons. The SMILES string of the molecule is c1ccc(CCNc2nc(NCc3ccccc3)c3nccnc3n2)cc1. The number of anilines is 2. The van der Waals surface area contributed by atoms with Crippen LogP contribution in [-0.2, 0) is 13.0 Å². The molecular formula is C21H20N6. The van der Waals surface area contributed by atoms with Crippen LogP contribution in [-0.4, -0.2) is 26.5 Å². The lowest BCUT2D eigenvalue weighted by atomic mass is 10.1. The first kappa shape index (κ1) is 16.9. The minimum Gasteiger partial charge on any atom is -0.364 e. The van der Waals surface area contributed by atoms with Crippen molar-refractivity contribution in [1.29, 1.82) is 0 Å². The molecule has 2 heterocycles. The van der Waals surface area contributed by atoms with E-state index in [4.69, 9.17) is 0 Å². The van der Waals surface area contributed by atoms with E-state index in [2.05, 4.69) is 54.8 Å². The third-order valence-electron chi connectivity index (χ3n) is 4.18. The van der Waals surface area contributed by atoms with Crippen molar-refractivity contribution < 1.29 is 0 Å². The molecule has 2 aromatic carbocycles. The van der Waals surface area contributed by atoms with Gasteiger partial charge in [0.2, 0.25) is 5.95 Å². The normalized spacial score (nSPS) is 10.7. The van der Waals surface area contributed by atoms with Crippen LogP contribution in [0.25, 0.3) is 11.2 Å². The average Bonchev–Trinajstić information content (AvgIpc) is 2.73. The fourth-order valence-electron chi connectivity index (χ4n) is 2.81. The third kappa shape index (κ3) is 4.36. The number of nitrogens with one attached hydrogen (secondary N) is 2. The molecule has 0 bridgehead atoms. The first-order valence-corrected chi connectivity index (χ1v) is 8.93. The molecule has 0 spiro atoms. The maximum absolute atomic E-state index is 4.61. The number of nitrogens with zero attached hydrogens (tertiary/aromatic N) is 4. The monoisotopic (exact) mass is 356 g/mol. The minimum atomic E-state index is 0.550. The van der Waals surface area contributed by atoms with Gasteiger partial charge in [-0.3, -0.25) is 0 Å². The third-order valence-corrected chi connectivity index (χ3v) is 4.18. The Kier molecular flexibility index (Phi) is 5.15. The molecule has 0 saturated carbocycles. The van der Waals surface area contributed by atoms with Crippen LogP contribution in [0.5, 0.6) is 0 Å². The van der Waals surface area contributed by atoms with Crippen molar-refractivity contribution in [3.05, 3.63) is 84.2 Å². The van der Waals surface area contributed by atoms with E-state index in [1.54, 1.807) is 12.4 Å². The Bertz CT molecular complexity index is 1000. The highest BCUT2D eigenvalue weighted by molar-refractivity contribution is 5.83. The van der Waals surface area contributed by atoms with Crippen molar-refractivity contribution in [1.82, 2.24) is 19.9 Å². The molecule has 0 amide bonds. The highest BCUT2D eigenvalue weighted by atomic mass is 15.2. The molecule has 0 aliphatic heterocycles. The van der Waals surface area contributed by atoms with Crippen LogP contribution >= 0.6 is 0 Å². The molecule has 0 aliphatic rings. The van der Waals surface area contributed by atoms with E-state index in [1.165, 1.54) is 11.1 Å². The van der Waals surface area contributed by atoms with Gasteiger partial charge in [0.05, 0.1) is 0 Å². The van der Waals surface area contributed by atoms with Crippen LogP contribution in [0.4, 0.5) is 11.8 Å². The Morgan fingerprint density at radius 3 is 2.19 bits per heavy atom. The smallest absolute Gasteiger partial charge is 0.226 e. The molecular weight excluding hydrogens is 336 g/mol. The molecule has 27 heavy (non-hydrogen) atoms. The molecule has 6 heteroatoms. The fourth-order valence-corrected chi connectivity index (χ4v) is 2.81. The van der Waals surface area contributed by atoms with Gasteiger partial charge in [-0.25, -0.2) is 9.97 Å². The zero-order valence-corrected chi connectivity index (χ0v) is 14.8. The summed E-state index contributed by atoms with van der Waals surface area (Å²) < 4.78 is 0. The van der Waals surface area contributed by atoms with Crippen LogP contribution in [0.1, 0.15) is 11.1 Å². The van der Waals surface area contributed by atoms with Crippen molar-refractivity contribution in [2.75, 3.05) is 17.2 Å². The van der Waals surface area contributed by atoms with E-state index in [9.17, 15) is 0 Å². The Labute approximate surface area is 157 Å². The van der Waals surface area contributed by atoms with Crippen LogP contribution in [0, 0.1) is 0 Å². The Morgan fingerprint density at radius 1 is 0.704 bits per heavy atom. The maximum atomic E-state index is 4.61. The first-order chi connectivity index (χ1) is 13.4. The van der Waals surface area contributed by atoms with E-state index >= 15 is 0 Å². The number of aromatic nitrogens is 4. The lowest BCUT2D eigenvalue weighted by Gasteiger charge is -2.11. The molecule has 0 unspecified atom stereocenters. The second-order valence-electron chi connectivity index (χ2n) is 6.13. The summed E-state index contributed by atoms with van der Waals surface area (Å²) in [5, 5.41) is 6.65. The minimum absolute atomic E-state index is 0.550. The maximum Gasteiger partial charge on any atom is 0.226 e. The Hall–Kier alpha value is -3.54. The van der Waals surface area contributed by atoms with Gasteiger partial charge >= 0.3 is 0 Å². The van der Waals surface area contributed by atoms with Gasteiger partial charge in [-0.2, -0.15) is 9.97 Å². The van der Waals surface area contributed by atoms with Gasteiger partial charge in [0.25, 0.3) is 0 Å². The van der Waals surface area contributed by atoms with Crippen molar-refractivity contribution in [2.24, 2.45) is 0 Å². The second-order valence-corrected chi connectivity index (χ2v) is 6.13. The van der Waals surface area contributed by atoms with Gasteiger partial charge in [0.1, 0.15) is 0 Å². The molecule has 2 N–H and O–H groups in total. The molecule has 4 aromatic rings. The molecule has 0 fully saturated rings. The molecule has 6 nitrogen and oxygen atoms in total. The summed E-state index contributed by atoms with van der Waals surface area (Å²) >= 11 is 0. The van der Waals surface area contributed by atoms with Gasteiger partial charge in [0.15, 0.2) is 17.0 Å². The summed E-state index contributed by atoms with van der Waals surface area (Å²) in [6.45, 7) is 1.40. The Balaban J connectivity index is 1.51. The predicted octanol–water partition coefficient (Wildman–Crippen LogP) is 3.69. The van der Waals surface area contributed by atoms with Crippen molar-refractivity contribution >= 4 is 22.9 Å². The summed E-state index contributed by atoms with van der Waals surface area (Å²) in [7, 11) is 0.